The fourth-order valence-corrected chi connectivity index (χ4v) is 4.58. The van der Waals surface area contributed by atoms with Gasteiger partial charge in [0.1, 0.15) is 11.6 Å². The molecule has 9 heteroatoms. The van der Waals surface area contributed by atoms with Crippen LogP contribution in [-0.4, -0.2) is 44.4 Å². The third kappa shape index (κ3) is 5.72. The number of halogens is 2. The first kappa shape index (κ1) is 22.4. The standard InChI is InChI=1S/C23H25F2N5OS/c24-17-8-10-18(11-9-17)30-21(16-29-13-4-1-5-14-29)27-28-23(30)32-15-12-22(31)26-20-7-3-2-6-19(20)25/h2-3,6-11H,1,4-5,12-16H2,(H,26,31). The van der Waals surface area contributed by atoms with E-state index in [4.69, 9.17) is 0 Å². The summed E-state index contributed by atoms with van der Waals surface area (Å²) >= 11 is 1.39. The number of amides is 1. The van der Waals surface area contributed by atoms with Crippen LogP contribution < -0.4 is 5.32 Å². The Labute approximate surface area is 190 Å². The summed E-state index contributed by atoms with van der Waals surface area (Å²) in [7, 11) is 0. The minimum absolute atomic E-state index is 0.167. The molecule has 1 fully saturated rings. The first-order valence-electron chi connectivity index (χ1n) is 10.7. The highest BCUT2D eigenvalue weighted by Crippen LogP contribution is 2.25. The lowest BCUT2D eigenvalue weighted by molar-refractivity contribution is -0.115. The zero-order valence-corrected chi connectivity index (χ0v) is 18.5. The number of benzene rings is 2. The lowest BCUT2D eigenvalue weighted by Gasteiger charge is -2.26. The second-order valence-electron chi connectivity index (χ2n) is 7.67. The van der Waals surface area contributed by atoms with Gasteiger partial charge in [-0.25, -0.2) is 8.78 Å². The summed E-state index contributed by atoms with van der Waals surface area (Å²) in [5.74, 6) is 0.190. The molecule has 1 saturated heterocycles. The number of aromatic nitrogens is 3. The van der Waals surface area contributed by atoms with Crippen molar-refractivity contribution in [1.82, 2.24) is 19.7 Å². The maximum absolute atomic E-state index is 13.7. The summed E-state index contributed by atoms with van der Waals surface area (Å²) in [6, 6.07) is 12.3. The molecule has 2 aromatic carbocycles. The molecule has 0 spiro atoms. The van der Waals surface area contributed by atoms with E-state index in [1.54, 1.807) is 24.3 Å². The van der Waals surface area contributed by atoms with E-state index < -0.39 is 5.82 Å². The normalized spacial score (nSPS) is 14.4. The Morgan fingerprint density at radius 2 is 1.75 bits per heavy atom. The van der Waals surface area contributed by atoms with Gasteiger partial charge in [-0.15, -0.1) is 10.2 Å². The molecule has 0 unspecified atom stereocenters. The number of carbonyl (C=O) groups excluding carboxylic acids is 1. The van der Waals surface area contributed by atoms with Gasteiger partial charge in [-0.3, -0.25) is 14.3 Å². The molecule has 0 bridgehead atoms. The van der Waals surface area contributed by atoms with Crippen LogP contribution in [0.3, 0.4) is 0 Å². The Morgan fingerprint density at radius 1 is 1.00 bits per heavy atom. The molecule has 2 heterocycles. The highest BCUT2D eigenvalue weighted by atomic mass is 32.2. The summed E-state index contributed by atoms with van der Waals surface area (Å²) in [5.41, 5.74) is 0.947. The van der Waals surface area contributed by atoms with Crippen molar-refractivity contribution >= 4 is 23.4 Å². The quantitative estimate of drug-likeness (QED) is 0.499. The number of anilines is 1. The Kier molecular flexibility index (Phi) is 7.49. The van der Waals surface area contributed by atoms with Crippen molar-refractivity contribution in [3.05, 3.63) is 66.0 Å². The van der Waals surface area contributed by atoms with Gasteiger partial charge in [-0.2, -0.15) is 0 Å². The van der Waals surface area contributed by atoms with E-state index in [9.17, 15) is 13.6 Å². The molecule has 1 amide bonds. The molecular formula is C23H25F2N5OS. The lowest BCUT2D eigenvalue weighted by atomic mass is 10.1. The highest BCUT2D eigenvalue weighted by Gasteiger charge is 2.19. The molecular weight excluding hydrogens is 432 g/mol. The van der Waals surface area contributed by atoms with Crippen molar-refractivity contribution in [2.24, 2.45) is 0 Å². The molecule has 1 aliphatic heterocycles. The number of carbonyl (C=O) groups is 1. The van der Waals surface area contributed by atoms with Gasteiger partial charge >= 0.3 is 0 Å². The molecule has 6 nitrogen and oxygen atoms in total. The van der Waals surface area contributed by atoms with E-state index in [0.717, 1.165) is 24.6 Å². The zero-order chi connectivity index (χ0) is 22.3. The maximum atomic E-state index is 13.7. The molecule has 0 atom stereocenters. The molecule has 0 radical (unpaired) electrons. The summed E-state index contributed by atoms with van der Waals surface area (Å²) in [4.78, 5) is 14.6. The van der Waals surface area contributed by atoms with Gasteiger partial charge in [0.25, 0.3) is 0 Å². The van der Waals surface area contributed by atoms with Crippen molar-refractivity contribution in [1.29, 1.82) is 0 Å². The molecule has 0 aliphatic carbocycles. The van der Waals surface area contributed by atoms with Crippen LogP contribution in [-0.2, 0) is 11.3 Å². The number of piperidine rings is 1. The Bertz CT molecular complexity index is 1050. The van der Waals surface area contributed by atoms with E-state index in [1.807, 2.05) is 4.57 Å². The van der Waals surface area contributed by atoms with E-state index in [-0.39, 0.29) is 23.8 Å². The van der Waals surface area contributed by atoms with Crippen LogP contribution in [0.1, 0.15) is 31.5 Å². The van der Waals surface area contributed by atoms with Gasteiger partial charge < -0.3 is 5.32 Å². The lowest BCUT2D eigenvalue weighted by Crippen LogP contribution is -2.30. The van der Waals surface area contributed by atoms with Crippen molar-refractivity contribution < 1.29 is 13.6 Å². The van der Waals surface area contributed by atoms with Crippen LogP contribution >= 0.6 is 11.8 Å². The fraction of sp³-hybridized carbons (Fsp3) is 0.348. The number of likely N-dealkylation sites (tertiary alicyclic amines) is 1. The van der Waals surface area contributed by atoms with E-state index in [1.165, 1.54) is 55.3 Å². The summed E-state index contributed by atoms with van der Waals surface area (Å²) in [6.45, 7) is 2.71. The topological polar surface area (TPSA) is 63.1 Å². The molecule has 4 rings (SSSR count). The molecule has 1 aromatic heterocycles. The molecule has 1 N–H and O–H groups in total. The summed E-state index contributed by atoms with van der Waals surface area (Å²) < 4.78 is 29.1. The third-order valence-corrected chi connectivity index (χ3v) is 6.24. The molecule has 3 aromatic rings. The van der Waals surface area contributed by atoms with Gasteiger partial charge in [0.15, 0.2) is 11.0 Å². The van der Waals surface area contributed by atoms with Crippen molar-refractivity contribution in [3.63, 3.8) is 0 Å². The van der Waals surface area contributed by atoms with Gasteiger partial charge in [0.2, 0.25) is 5.91 Å². The number of para-hydroxylation sites is 1. The SMILES string of the molecule is O=C(CCSc1nnc(CN2CCCCC2)n1-c1ccc(F)cc1)Nc1ccccc1F. The second kappa shape index (κ2) is 10.7. The number of nitrogens with zero attached hydrogens (tertiary/aromatic N) is 4. The number of hydrogen-bond donors (Lipinski definition) is 1. The van der Waals surface area contributed by atoms with Crippen LogP contribution in [0.5, 0.6) is 0 Å². The Morgan fingerprint density at radius 3 is 2.50 bits per heavy atom. The zero-order valence-electron chi connectivity index (χ0n) is 17.6. The molecule has 1 aliphatic rings. The van der Waals surface area contributed by atoms with E-state index in [2.05, 4.69) is 20.4 Å². The van der Waals surface area contributed by atoms with Gasteiger partial charge in [-0.1, -0.05) is 30.3 Å². The first-order chi connectivity index (χ1) is 15.6. The fourth-order valence-electron chi connectivity index (χ4n) is 3.67. The van der Waals surface area contributed by atoms with Crippen LogP contribution in [0.2, 0.25) is 0 Å². The Hall–Kier alpha value is -2.78. The van der Waals surface area contributed by atoms with Gasteiger partial charge in [-0.05, 0) is 62.3 Å². The van der Waals surface area contributed by atoms with Crippen molar-refractivity contribution in [3.8, 4) is 5.69 Å². The average Bonchev–Trinajstić information content (AvgIpc) is 3.19. The first-order valence-corrected chi connectivity index (χ1v) is 11.7. The summed E-state index contributed by atoms with van der Waals surface area (Å²) in [5, 5.41) is 12.0. The maximum Gasteiger partial charge on any atom is 0.225 e. The van der Waals surface area contributed by atoms with Crippen molar-refractivity contribution in [2.75, 3.05) is 24.2 Å². The Balaban J connectivity index is 1.44. The number of nitrogens with one attached hydrogen (secondary N) is 1. The minimum atomic E-state index is -0.466. The molecule has 168 valence electrons. The van der Waals surface area contributed by atoms with E-state index >= 15 is 0 Å². The second-order valence-corrected chi connectivity index (χ2v) is 8.74. The van der Waals surface area contributed by atoms with E-state index in [0.29, 0.717) is 17.5 Å². The van der Waals surface area contributed by atoms with Crippen LogP contribution in [0.15, 0.2) is 53.7 Å². The summed E-state index contributed by atoms with van der Waals surface area (Å²) in [6.07, 6.45) is 3.78. The largest absolute Gasteiger partial charge is 0.324 e. The van der Waals surface area contributed by atoms with Crippen molar-refractivity contribution in [2.45, 2.75) is 37.4 Å². The average molecular weight is 458 g/mol. The smallest absolute Gasteiger partial charge is 0.225 e. The number of rotatable bonds is 8. The predicted octanol–water partition coefficient (Wildman–Crippen LogP) is 4.65. The molecule has 32 heavy (non-hydrogen) atoms. The minimum Gasteiger partial charge on any atom is -0.324 e. The van der Waals surface area contributed by atoms with Gasteiger partial charge in [0, 0.05) is 17.9 Å². The van der Waals surface area contributed by atoms with Crippen LogP contribution in [0, 0.1) is 11.6 Å². The predicted molar refractivity (Wildman–Crippen MR) is 121 cm³/mol. The van der Waals surface area contributed by atoms with Gasteiger partial charge in [0.05, 0.1) is 12.2 Å². The molecule has 0 saturated carbocycles. The van der Waals surface area contributed by atoms with Crippen LogP contribution in [0.4, 0.5) is 14.5 Å². The number of hydrogen-bond acceptors (Lipinski definition) is 5. The number of thioether (sulfide) groups is 1. The highest BCUT2D eigenvalue weighted by molar-refractivity contribution is 7.99. The third-order valence-electron chi connectivity index (χ3n) is 5.31. The van der Waals surface area contributed by atoms with Crippen LogP contribution in [0.25, 0.3) is 5.69 Å². The monoisotopic (exact) mass is 457 g/mol.